The van der Waals surface area contributed by atoms with E-state index in [0.29, 0.717) is 40.3 Å². The Labute approximate surface area is 161 Å². The minimum Gasteiger partial charge on any atom is -0.467 e. The van der Waals surface area contributed by atoms with E-state index in [4.69, 9.17) is 27.6 Å². The van der Waals surface area contributed by atoms with Crippen LogP contribution in [0, 0.1) is 0 Å². The van der Waals surface area contributed by atoms with E-state index >= 15 is 0 Å². The number of carbonyl (C=O) groups excluding carboxylic acids is 1. The molecule has 5 nitrogen and oxygen atoms in total. The predicted octanol–water partition coefficient (Wildman–Crippen LogP) is 4.57. The Bertz CT molecular complexity index is 865. The molecule has 0 bridgehead atoms. The van der Waals surface area contributed by atoms with Crippen molar-refractivity contribution in [2.24, 2.45) is 0 Å². The number of carbonyl (C=O) groups is 1. The highest BCUT2D eigenvalue weighted by Gasteiger charge is 2.07. The fourth-order valence-corrected chi connectivity index (χ4v) is 2.87. The molecule has 0 spiro atoms. The summed E-state index contributed by atoms with van der Waals surface area (Å²) in [5.74, 6) is 1.19. The van der Waals surface area contributed by atoms with Crippen molar-refractivity contribution in [2.75, 3.05) is 11.9 Å². The number of benzene rings is 1. The maximum absolute atomic E-state index is 12.1. The number of hydrogen-bond donors (Lipinski definition) is 2. The molecule has 1 aromatic carbocycles. The number of amides is 1. The monoisotopic (exact) mass is 389 g/mol. The molecule has 0 unspecified atom stereocenters. The Kier molecular flexibility index (Phi) is 6.15. The molecule has 2 N–H and O–H groups in total. The molecule has 0 fully saturated rings. The second-order valence-electron chi connectivity index (χ2n) is 5.61. The maximum Gasteiger partial charge on any atom is 0.253 e. The summed E-state index contributed by atoms with van der Waals surface area (Å²) >= 11 is 12.0. The third kappa shape index (κ3) is 5.00. The van der Waals surface area contributed by atoms with Gasteiger partial charge in [0.25, 0.3) is 5.91 Å². The maximum atomic E-state index is 12.1. The highest BCUT2D eigenvalue weighted by Crippen LogP contribution is 2.21. The highest BCUT2D eigenvalue weighted by molar-refractivity contribution is 6.35. The van der Waals surface area contributed by atoms with Crippen LogP contribution in [0.3, 0.4) is 0 Å². The van der Waals surface area contributed by atoms with Crippen molar-refractivity contribution in [3.05, 3.63) is 81.9 Å². The summed E-state index contributed by atoms with van der Waals surface area (Å²) in [7, 11) is 0. The van der Waals surface area contributed by atoms with Gasteiger partial charge in [0.2, 0.25) is 0 Å². The van der Waals surface area contributed by atoms with Crippen molar-refractivity contribution in [1.29, 1.82) is 0 Å². The van der Waals surface area contributed by atoms with Gasteiger partial charge >= 0.3 is 0 Å². The first kappa shape index (κ1) is 18.3. The zero-order valence-corrected chi connectivity index (χ0v) is 15.3. The van der Waals surface area contributed by atoms with Crippen LogP contribution in [-0.4, -0.2) is 17.4 Å². The van der Waals surface area contributed by atoms with Gasteiger partial charge in [0.05, 0.1) is 18.4 Å². The van der Waals surface area contributed by atoms with Crippen molar-refractivity contribution >= 4 is 34.9 Å². The van der Waals surface area contributed by atoms with E-state index in [1.807, 2.05) is 12.1 Å². The average Bonchev–Trinajstić information content (AvgIpc) is 3.16. The van der Waals surface area contributed by atoms with E-state index in [1.165, 1.54) is 6.20 Å². The minimum absolute atomic E-state index is 0.201. The molecule has 2 heterocycles. The number of pyridine rings is 1. The number of nitrogens with zero attached hydrogens (tertiary/aromatic N) is 1. The number of furan rings is 1. The standard InChI is InChI=1S/C19H17Cl2N3O2/c20-15-5-3-13(17(21)10-15)7-8-22-18-6-4-14(11-23-18)19(25)24-12-16-2-1-9-26-16/h1-6,9-11H,7-8,12H2,(H,22,23)(H,24,25). The second kappa shape index (κ2) is 8.74. The molecule has 0 saturated carbocycles. The number of halogens is 2. The van der Waals surface area contributed by atoms with E-state index in [2.05, 4.69) is 15.6 Å². The van der Waals surface area contributed by atoms with Crippen LogP contribution in [0.25, 0.3) is 0 Å². The molecule has 26 heavy (non-hydrogen) atoms. The quantitative estimate of drug-likeness (QED) is 0.621. The number of aromatic nitrogens is 1. The summed E-state index contributed by atoms with van der Waals surface area (Å²) in [6, 6.07) is 12.5. The summed E-state index contributed by atoms with van der Waals surface area (Å²) in [5, 5.41) is 7.25. The summed E-state index contributed by atoms with van der Waals surface area (Å²) < 4.78 is 5.18. The molecule has 0 atom stereocenters. The van der Waals surface area contributed by atoms with Gasteiger partial charge in [-0.2, -0.15) is 0 Å². The molecule has 0 radical (unpaired) electrons. The molecule has 134 valence electrons. The molecule has 7 heteroatoms. The van der Waals surface area contributed by atoms with E-state index in [9.17, 15) is 4.79 Å². The van der Waals surface area contributed by atoms with Gasteiger partial charge in [0.15, 0.2) is 0 Å². The van der Waals surface area contributed by atoms with Gasteiger partial charge in [-0.15, -0.1) is 0 Å². The average molecular weight is 390 g/mol. The largest absolute Gasteiger partial charge is 0.467 e. The highest BCUT2D eigenvalue weighted by atomic mass is 35.5. The fraction of sp³-hybridized carbons (Fsp3) is 0.158. The molecule has 0 aliphatic carbocycles. The van der Waals surface area contributed by atoms with Crippen LogP contribution < -0.4 is 10.6 Å². The van der Waals surface area contributed by atoms with Crippen LogP contribution in [-0.2, 0) is 13.0 Å². The Hall–Kier alpha value is -2.50. The normalized spacial score (nSPS) is 10.5. The zero-order valence-electron chi connectivity index (χ0n) is 13.8. The van der Waals surface area contributed by atoms with Crippen LogP contribution in [0.2, 0.25) is 10.0 Å². The molecule has 0 saturated heterocycles. The number of rotatable bonds is 7. The molecule has 3 aromatic rings. The van der Waals surface area contributed by atoms with Gasteiger partial charge in [-0.3, -0.25) is 4.79 Å². The van der Waals surface area contributed by atoms with Crippen molar-refractivity contribution in [2.45, 2.75) is 13.0 Å². The van der Waals surface area contributed by atoms with Crippen LogP contribution in [0.4, 0.5) is 5.82 Å². The van der Waals surface area contributed by atoms with Crippen LogP contribution in [0.15, 0.2) is 59.3 Å². The van der Waals surface area contributed by atoms with E-state index in [1.54, 1.807) is 36.6 Å². The van der Waals surface area contributed by atoms with Gasteiger partial charge in [0, 0.05) is 22.8 Å². The number of hydrogen-bond acceptors (Lipinski definition) is 4. The first-order chi connectivity index (χ1) is 12.6. The third-order valence-electron chi connectivity index (χ3n) is 3.74. The molecular weight excluding hydrogens is 373 g/mol. The first-order valence-electron chi connectivity index (χ1n) is 8.06. The van der Waals surface area contributed by atoms with Gasteiger partial charge in [0.1, 0.15) is 11.6 Å². The molecule has 0 aliphatic rings. The fourth-order valence-electron chi connectivity index (χ4n) is 2.37. The lowest BCUT2D eigenvalue weighted by atomic mass is 10.1. The van der Waals surface area contributed by atoms with Crippen LogP contribution in [0.1, 0.15) is 21.7 Å². The van der Waals surface area contributed by atoms with Crippen LogP contribution in [0.5, 0.6) is 0 Å². The van der Waals surface area contributed by atoms with Crippen molar-refractivity contribution in [1.82, 2.24) is 10.3 Å². The van der Waals surface area contributed by atoms with E-state index in [0.717, 1.165) is 12.0 Å². The Morgan fingerprint density at radius 3 is 2.73 bits per heavy atom. The smallest absolute Gasteiger partial charge is 0.253 e. The van der Waals surface area contributed by atoms with E-state index < -0.39 is 0 Å². The lowest BCUT2D eigenvalue weighted by Gasteiger charge is -2.08. The Morgan fingerprint density at radius 1 is 1.15 bits per heavy atom. The lowest BCUT2D eigenvalue weighted by Crippen LogP contribution is -2.22. The zero-order chi connectivity index (χ0) is 18.4. The van der Waals surface area contributed by atoms with Crippen molar-refractivity contribution in [3.63, 3.8) is 0 Å². The molecule has 1 amide bonds. The summed E-state index contributed by atoms with van der Waals surface area (Å²) in [4.78, 5) is 16.3. The first-order valence-corrected chi connectivity index (χ1v) is 8.82. The molecule has 2 aromatic heterocycles. The lowest BCUT2D eigenvalue weighted by molar-refractivity contribution is 0.0947. The van der Waals surface area contributed by atoms with Gasteiger partial charge in [-0.1, -0.05) is 29.3 Å². The summed E-state index contributed by atoms with van der Waals surface area (Å²) in [5.41, 5.74) is 1.50. The minimum atomic E-state index is -0.201. The van der Waals surface area contributed by atoms with Crippen molar-refractivity contribution < 1.29 is 9.21 Å². The second-order valence-corrected chi connectivity index (χ2v) is 6.45. The molecule has 3 rings (SSSR count). The van der Waals surface area contributed by atoms with Crippen molar-refractivity contribution in [3.8, 4) is 0 Å². The Morgan fingerprint density at radius 2 is 2.04 bits per heavy atom. The number of nitrogens with one attached hydrogen (secondary N) is 2. The third-order valence-corrected chi connectivity index (χ3v) is 4.33. The molecular formula is C19H17Cl2N3O2. The summed E-state index contributed by atoms with van der Waals surface area (Å²) in [6.45, 7) is 1.01. The van der Waals surface area contributed by atoms with Gasteiger partial charge < -0.3 is 15.1 Å². The van der Waals surface area contributed by atoms with Gasteiger partial charge in [-0.25, -0.2) is 4.98 Å². The topological polar surface area (TPSA) is 67.2 Å². The van der Waals surface area contributed by atoms with Gasteiger partial charge in [-0.05, 0) is 48.4 Å². The predicted molar refractivity (Wildman–Crippen MR) is 103 cm³/mol. The number of anilines is 1. The SMILES string of the molecule is O=C(NCc1ccco1)c1ccc(NCCc2ccc(Cl)cc2Cl)nc1. The summed E-state index contributed by atoms with van der Waals surface area (Å²) in [6.07, 6.45) is 3.85. The Balaban J connectivity index is 1.48. The van der Waals surface area contributed by atoms with Crippen LogP contribution >= 0.6 is 23.2 Å². The molecule has 0 aliphatic heterocycles. The van der Waals surface area contributed by atoms with E-state index in [-0.39, 0.29) is 5.91 Å².